The number of carbonyl (C=O) groups excluding carboxylic acids is 1. The quantitative estimate of drug-likeness (QED) is 0.692. The molecule has 2 N–H and O–H groups in total. The zero-order valence-electron chi connectivity index (χ0n) is 8.44. The van der Waals surface area contributed by atoms with Gasteiger partial charge in [-0.05, 0) is 19.3 Å². The Kier molecular flexibility index (Phi) is 2.90. The van der Waals surface area contributed by atoms with Crippen molar-refractivity contribution in [1.29, 1.82) is 0 Å². The van der Waals surface area contributed by atoms with Crippen molar-refractivity contribution in [1.82, 2.24) is 5.32 Å². The van der Waals surface area contributed by atoms with Gasteiger partial charge in [-0.2, -0.15) is 0 Å². The summed E-state index contributed by atoms with van der Waals surface area (Å²) >= 11 is 0. The number of hydrogen-bond donors (Lipinski definition) is 2. The summed E-state index contributed by atoms with van der Waals surface area (Å²) in [4.78, 5) is 22.1. The van der Waals surface area contributed by atoms with E-state index in [2.05, 4.69) is 5.32 Å². The van der Waals surface area contributed by atoms with Crippen LogP contribution in [0, 0.1) is 11.8 Å². The highest BCUT2D eigenvalue weighted by Gasteiger charge is 2.48. The average molecular weight is 213 g/mol. The van der Waals surface area contributed by atoms with Gasteiger partial charge in [-0.1, -0.05) is 0 Å². The van der Waals surface area contributed by atoms with E-state index in [9.17, 15) is 9.59 Å². The Morgan fingerprint density at radius 3 is 2.67 bits per heavy atom. The van der Waals surface area contributed by atoms with E-state index in [0.717, 1.165) is 19.4 Å². The Morgan fingerprint density at radius 1 is 1.33 bits per heavy atom. The molecular formula is C10H15NO4. The summed E-state index contributed by atoms with van der Waals surface area (Å²) in [5, 5.41) is 11.5. The van der Waals surface area contributed by atoms with Crippen LogP contribution in [-0.2, 0) is 14.3 Å². The van der Waals surface area contributed by atoms with Crippen LogP contribution in [-0.4, -0.2) is 36.2 Å². The summed E-state index contributed by atoms with van der Waals surface area (Å²) in [6.45, 7) is 1.31. The van der Waals surface area contributed by atoms with Crippen molar-refractivity contribution in [3.8, 4) is 0 Å². The van der Waals surface area contributed by atoms with Crippen LogP contribution in [0.2, 0.25) is 0 Å². The van der Waals surface area contributed by atoms with Gasteiger partial charge in [-0.15, -0.1) is 0 Å². The van der Waals surface area contributed by atoms with E-state index in [1.807, 2.05) is 0 Å². The molecule has 15 heavy (non-hydrogen) atoms. The zero-order chi connectivity index (χ0) is 10.8. The van der Waals surface area contributed by atoms with Crippen molar-refractivity contribution < 1.29 is 19.4 Å². The number of hydrogen-bond acceptors (Lipinski definition) is 3. The summed E-state index contributed by atoms with van der Waals surface area (Å²) in [5.41, 5.74) is 0. The Labute approximate surface area is 87.8 Å². The number of carbonyl (C=O) groups is 2. The van der Waals surface area contributed by atoms with Gasteiger partial charge in [0.1, 0.15) is 0 Å². The minimum atomic E-state index is -0.866. The van der Waals surface area contributed by atoms with E-state index in [-0.39, 0.29) is 17.9 Å². The Bertz CT molecular complexity index is 273. The number of carboxylic acid groups (broad SMARTS) is 1. The summed E-state index contributed by atoms with van der Waals surface area (Å²) in [6, 6.07) is 0.0706. The van der Waals surface area contributed by atoms with Crippen LogP contribution < -0.4 is 5.32 Å². The van der Waals surface area contributed by atoms with Crippen molar-refractivity contribution in [2.75, 3.05) is 13.2 Å². The fourth-order valence-electron chi connectivity index (χ4n) is 1.92. The molecule has 1 saturated carbocycles. The van der Waals surface area contributed by atoms with E-state index in [1.165, 1.54) is 0 Å². The van der Waals surface area contributed by atoms with E-state index in [4.69, 9.17) is 9.84 Å². The molecule has 2 aliphatic rings. The minimum Gasteiger partial charge on any atom is -0.481 e. The lowest BCUT2D eigenvalue weighted by Crippen LogP contribution is -2.41. The molecule has 0 aromatic heterocycles. The first-order chi connectivity index (χ1) is 7.18. The molecule has 2 fully saturated rings. The van der Waals surface area contributed by atoms with Gasteiger partial charge < -0.3 is 15.2 Å². The average Bonchev–Trinajstić information content (AvgIpc) is 2.98. The van der Waals surface area contributed by atoms with E-state index >= 15 is 0 Å². The van der Waals surface area contributed by atoms with Crippen LogP contribution >= 0.6 is 0 Å². The molecule has 84 valence electrons. The summed E-state index contributed by atoms with van der Waals surface area (Å²) in [5.74, 6) is -1.77. The number of amides is 1. The second kappa shape index (κ2) is 4.18. The van der Waals surface area contributed by atoms with E-state index < -0.39 is 11.9 Å². The molecular weight excluding hydrogens is 198 g/mol. The second-order valence-corrected chi connectivity index (χ2v) is 4.21. The lowest BCUT2D eigenvalue weighted by Gasteiger charge is -2.23. The van der Waals surface area contributed by atoms with Crippen molar-refractivity contribution in [2.24, 2.45) is 11.8 Å². The number of aliphatic carboxylic acids is 1. The van der Waals surface area contributed by atoms with Crippen LogP contribution in [0.4, 0.5) is 0 Å². The number of ether oxygens (including phenoxy) is 1. The van der Waals surface area contributed by atoms with Crippen LogP contribution in [0.3, 0.4) is 0 Å². The standard InChI is InChI=1S/C10H15NO4/c12-9(7-4-8(7)10(13)14)11-6-2-1-3-15-5-6/h6-8H,1-5H2,(H,11,12)(H,13,14)/t6?,7-,8+/m1/s1. The molecule has 1 aliphatic heterocycles. The molecule has 1 saturated heterocycles. The fourth-order valence-corrected chi connectivity index (χ4v) is 1.92. The maximum Gasteiger partial charge on any atom is 0.307 e. The van der Waals surface area contributed by atoms with Gasteiger partial charge in [-0.3, -0.25) is 9.59 Å². The third-order valence-corrected chi connectivity index (χ3v) is 2.95. The highest BCUT2D eigenvalue weighted by molar-refractivity contribution is 5.89. The SMILES string of the molecule is O=C(O)[C@H]1C[C@H]1C(=O)NC1CCCOC1. The highest BCUT2D eigenvalue weighted by Crippen LogP contribution is 2.38. The third kappa shape index (κ3) is 2.47. The summed E-state index contributed by atoms with van der Waals surface area (Å²) in [6.07, 6.45) is 2.36. The van der Waals surface area contributed by atoms with Crippen LogP contribution in [0.25, 0.3) is 0 Å². The van der Waals surface area contributed by atoms with Gasteiger partial charge in [0.15, 0.2) is 0 Å². The monoisotopic (exact) mass is 213 g/mol. The van der Waals surface area contributed by atoms with Crippen molar-refractivity contribution >= 4 is 11.9 Å². The molecule has 1 unspecified atom stereocenters. The highest BCUT2D eigenvalue weighted by atomic mass is 16.5. The van der Waals surface area contributed by atoms with Crippen molar-refractivity contribution in [3.63, 3.8) is 0 Å². The topological polar surface area (TPSA) is 75.6 Å². The molecule has 2 rings (SSSR count). The summed E-state index contributed by atoms with van der Waals surface area (Å²) in [7, 11) is 0. The second-order valence-electron chi connectivity index (χ2n) is 4.21. The number of carboxylic acids is 1. The smallest absolute Gasteiger partial charge is 0.307 e. The van der Waals surface area contributed by atoms with Crippen LogP contribution in [0.5, 0.6) is 0 Å². The molecule has 1 amide bonds. The number of rotatable bonds is 3. The Morgan fingerprint density at radius 2 is 2.13 bits per heavy atom. The molecule has 3 atom stereocenters. The third-order valence-electron chi connectivity index (χ3n) is 2.95. The van der Waals surface area contributed by atoms with Gasteiger partial charge in [-0.25, -0.2) is 0 Å². The first kappa shape index (κ1) is 10.4. The van der Waals surface area contributed by atoms with E-state index in [1.54, 1.807) is 0 Å². The van der Waals surface area contributed by atoms with Gasteiger partial charge in [0.2, 0.25) is 5.91 Å². The maximum atomic E-state index is 11.6. The summed E-state index contributed by atoms with van der Waals surface area (Å²) < 4.78 is 5.23. The number of nitrogens with one attached hydrogen (secondary N) is 1. The zero-order valence-corrected chi connectivity index (χ0v) is 8.44. The fraction of sp³-hybridized carbons (Fsp3) is 0.800. The maximum absolute atomic E-state index is 11.6. The molecule has 1 aliphatic carbocycles. The van der Waals surface area contributed by atoms with Crippen molar-refractivity contribution in [3.05, 3.63) is 0 Å². The Balaban J connectivity index is 1.75. The first-order valence-corrected chi connectivity index (χ1v) is 5.29. The predicted molar refractivity (Wildman–Crippen MR) is 51.2 cm³/mol. The first-order valence-electron chi connectivity index (χ1n) is 5.29. The molecule has 5 nitrogen and oxygen atoms in total. The lowest BCUT2D eigenvalue weighted by molar-refractivity contribution is -0.140. The lowest BCUT2D eigenvalue weighted by atomic mass is 10.1. The van der Waals surface area contributed by atoms with Gasteiger partial charge in [0.25, 0.3) is 0 Å². The molecule has 0 spiro atoms. The van der Waals surface area contributed by atoms with E-state index in [0.29, 0.717) is 13.0 Å². The normalized spacial score (nSPS) is 34.5. The largest absolute Gasteiger partial charge is 0.481 e. The van der Waals surface area contributed by atoms with Gasteiger partial charge >= 0.3 is 5.97 Å². The van der Waals surface area contributed by atoms with Crippen LogP contribution in [0.15, 0.2) is 0 Å². The molecule has 0 aromatic rings. The minimum absolute atomic E-state index is 0.0706. The molecule has 5 heteroatoms. The van der Waals surface area contributed by atoms with Gasteiger partial charge in [0, 0.05) is 6.61 Å². The molecule has 1 heterocycles. The molecule has 0 radical (unpaired) electrons. The Hall–Kier alpha value is -1.10. The molecule has 0 bridgehead atoms. The van der Waals surface area contributed by atoms with Gasteiger partial charge in [0.05, 0.1) is 24.5 Å². The van der Waals surface area contributed by atoms with Crippen LogP contribution in [0.1, 0.15) is 19.3 Å². The molecule has 0 aromatic carbocycles. The predicted octanol–water partition coefficient (Wildman–Crippen LogP) is 0.00230. The van der Waals surface area contributed by atoms with Crippen molar-refractivity contribution in [2.45, 2.75) is 25.3 Å².